The minimum atomic E-state index is -0.625. The van der Waals surface area contributed by atoms with Crippen molar-refractivity contribution in [1.82, 2.24) is 21.3 Å². The summed E-state index contributed by atoms with van der Waals surface area (Å²) in [5.74, 6) is -1.22. The average molecular weight is 250 g/mol. The van der Waals surface area contributed by atoms with Crippen molar-refractivity contribution in [2.45, 2.75) is 31.6 Å². The van der Waals surface area contributed by atoms with Gasteiger partial charge in [-0.1, -0.05) is 6.08 Å². The second-order valence-electron chi connectivity index (χ2n) is 4.34. The second-order valence-corrected chi connectivity index (χ2v) is 4.34. The summed E-state index contributed by atoms with van der Waals surface area (Å²) in [6.45, 7) is 0.879. The highest BCUT2D eigenvalue weighted by Gasteiger charge is 2.21. The van der Waals surface area contributed by atoms with Gasteiger partial charge in [-0.05, 0) is 44.2 Å². The van der Waals surface area contributed by atoms with Crippen LogP contribution in [-0.2, 0) is 9.59 Å². The molecule has 2 atom stereocenters. The lowest BCUT2D eigenvalue weighted by Gasteiger charge is -2.24. The zero-order chi connectivity index (χ0) is 12.8. The maximum atomic E-state index is 11.7. The number of amides is 2. The van der Waals surface area contributed by atoms with Crippen molar-refractivity contribution < 1.29 is 9.59 Å². The van der Waals surface area contributed by atoms with Gasteiger partial charge in [0.15, 0.2) is 0 Å². The van der Waals surface area contributed by atoms with Crippen LogP contribution in [0.15, 0.2) is 24.4 Å². The van der Waals surface area contributed by atoms with Gasteiger partial charge in [-0.25, -0.2) is 0 Å². The minimum Gasteiger partial charge on any atom is -0.368 e. The lowest BCUT2D eigenvalue weighted by molar-refractivity contribution is -0.140. The molecule has 18 heavy (non-hydrogen) atoms. The van der Waals surface area contributed by atoms with E-state index in [4.69, 9.17) is 0 Å². The van der Waals surface area contributed by atoms with Crippen molar-refractivity contribution in [3.05, 3.63) is 24.4 Å². The van der Waals surface area contributed by atoms with Gasteiger partial charge in [0.1, 0.15) is 6.17 Å². The molecule has 2 amide bonds. The van der Waals surface area contributed by atoms with Crippen LogP contribution in [0.3, 0.4) is 0 Å². The molecule has 1 fully saturated rings. The predicted molar refractivity (Wildman–Crippen MR) is 67.1 cm³/mol. The molecular formula is C12H18N4O2. The van der Waals surface area contributed by atoms with Gasteiger partial charge in [-0.3, -0.25) is 14.9 Å². The first-order chi connectivity index (χ1) is 8.75. The van der Waals surface area contributed by atoms with Gasteiger partial charge in [0.05, 0.1) is 6.17 Å². The number of nitrogens with one attached hydrogen (secondary N) is 4. The highest BCUT2D eigenvalue weighted by atomic mass is 16.2. The van der Waals surface area contributed by atoms with E-state index < -0.39 is 11.8 Å². The van der Waals surface area contributed by atoms with Crippen molar-refractivity contribution in [1.29, 1.82) is 0 Å². The molecule has 0 spiro atoms. The number of hydrogen-bond acceptors (Lipinski definition) is 4. The monoisotopic (exact) mass is 250 g/mol. The minimum absolute atomic E-state index is 0.0910. The molecule has 6 heteroatoms. The number of piperidine rings is 1. The molecule has 2 heterocycles. The molecule has 2 aliphatic heterocycles. The van der Waals surface area contributed by atoms with Gasteiger partial charge >= 0.3 is 11.8 Å². The average Bonchev–Trinajstić information content (AvgIpc) is 2.41. The Labute approximate surface area is 106 Å². The lowest BCUT2D eigenvalue weighted by Crippen LogP contribution is -2.54. The Balaban J connectivity index is 1.75. The van der Waals surface area contributed by atoms with E-state index in [0.29, 0.717) is 0 Å². The largest absolute Gasteiger partial charge is 0.368 e. The topological polar surface area (TPSA) is 82.3 Å². The van der Waals surface area contributed by atoms with E-state index in [1.54, 1.807) is 12.3 Å². The number of carbonyl (C=O) groups excluding carboxylic acids is 2. The summed E-state index contributed by atoms with van der Waals surface area (Å²) in [6.07, 6.45) is 9.73. The van der Waals surface area contributed by atoms with Crippen LogP contribution in [-0.4, -0.2) is 30.7 Å². The Kier molecular flexibility index (Phi) is 4.35. The summed E-state index contributed by atoms with van der Waals surface area (Å²) in [5, 5.41) is 11.3. The molecule has 0 aromatic carbocycles. The molecule has 0 bridgehead atoms. The molecule has 0 aromatic heterocycles. The zero-order valence-corrected chi connectivity index (χ0v) is 10.1. The maximum Gasteiger partial charge on any atom is 0.311 e. The van der Waals surface area contributed by atoms with Crippen molar-refractivity contribution in [3.63, 3.8) is 0 Å². The first-order valence-electron chi connectivity index (χ1n) is 6.20. The SMILES string of the molecule is O=C(NC1C=CC=CN1)C(=O)NC1CCCCN1. The van der Waals surface area contributed by atoms with Gasteiger partial charge in [-0.2, -0.15) is 0 Å². The lowest BCUT2D eigenvalue weighted by atomic mass is 10.1. The van der Waals surface area contributed by atoms with Gasteiger partial charge in [0.25, 0.3) is 0 Å². The Morgan fingerprint density at radius 2 is 1.94 bits per heavy atom. The summed E-state index contributed by atoms with van der Waals surface area (Å²) in [4.78, 5) is 23.3. The summed E-state index contributed by atoms with van der Waals surface area (Å²) in [5.41, 5.74) is 0. The zero-order valence-electron chi connectivity index (χ0n) is 10.1. The standard InChI is InChI=1S/C12H18N4O2/c17-11(15-9-5-1-3-7-13-9)12(18)16-10-6-2-4-8-14-10/h1,3,5,7,9-10,13-14H,2,4,6,8H2,(H,15,17)(H,16,18). The second kappa shape index (κ2) is 6.20. The molecule has 0 aliphatic carbocycles. The molecule has 4 N–H and O–H groups in total. The van der Waals surface area contributed by atoms with Gasteiger partial charge < -0.3 is 16.0 Å². The molecule has 2 rings (SSSR count). The normalized spacial score (nSPS) is 26.2. The summed E-state index contributed by atoms with van der Waals surface area (Å²) in [6, 6.07) is 0. The number of carbonyl (C=O) groups is 2. The molecule has 2 unspecified atom stereocenters. The maximum absolute atomic E-state index is 11.7. The van der Waals surface area contributed by atoms with E-state index in [2.05, 4.69) is 21.3 Å². The molecule has 98 valence electrons. The fourth-order valence-electron chi connectivity index (χ4n) is 1.94. The van der Waals surface area contributed by atoms with Crippen LogP contribution in [0.1, 0.15) is 19.3 Å². The Morgan fingerprint density at radius 1 is 1.11 bits per heavy atom. The first-order valence-corrected chi connectivity index (χ1v) is 6.20. The van der Waals surface area contributed by atoms with Crippen LogP contribution in [0.5, 0.6) is 0 Å². The predicted octanol–water partition coefficient (Wildman–Crippen LogP) is -0.682. The van der Waals surface area contributed by atoms with Crippen LogP contribution < -0.4 is 21.3 Å². The molecule has 6 nitrogen and oxygen atoms in total. The van der Waals surface area contributed by atoms with E-state index in [-0.39, 0.29) is 12.3 Å². The van der Waals surface area contributed by atoms with Crippen molar-refractivity contribution in [3.8, 4) is 0 Å². The Morgan fingerprint density at radius 3 is 2.61 bits per heavy atom. The third kappa shape index (κ3) is 3.59. The van der Waals surface area contributed by atoms with E-state index in [1.807, 2.05) is 12.2 Å². The van der Waals surface area contributed by atoms with Crippen LogP contribution in [0, 0.1) is 0 Å². The van der Waals surface area contributed by atoms with Crippen LogP contribution in [0.2, 0.25) is 0 Å². The third-order valence-electron chi connectivity index (χ3n) is 2.90. The third-order valence-corrected chi connectivity index (χ3v) is 2.90. The fourth-order valence-corrected chi connectivity index (χ4v) is 1.94. The summed E-state index contributed by atoms with van der Waals surface area (Å²) in [7, 11) is 0. The molecule has 1 saturated heterocycles. The van der Waals surface area contributed by atoms with Crippen molar-refractivity contribution in [2.24, 2.45) is 0 Å². The van der Waals surface area contributed by atoms with Gasteiger partial charge in [0, 0.05) is 0 Å². The Bertz CT molecular complexity index is 372. The summed E-state index contributed by atoms with van der Waals surface area (Å²) < 4.78 is 0. The highest BCUT2D eigenvalue weighted by molar-refractivity contribution is 6.35. The molecular weight excluding hydrogens is 232 g/mol. The van der Waals surface area contributed by atoms with Crippen LogP contribution in [0.25, 0.3) is 0 Å². The van der Waals surface area contributed by atoms with E-state index >= 15 is 0 Å². The van der Waals surface area contributed by atoms with E-state index in [1.165, 1.54) is 0 Å². The number of hydrogen-bond donors (Lipinski definition) is 4. The summed E-state index contributed by atoms with van der Waals surface area (Å²) >= 11 is 0. The highest BCUT2D eigenvalue weighted by Crippen LogP contribution is 2.04. The fraction of sp³-hybridized carbons (Fsp3) is 0.500. The van der Waals surface area contributed by atoms with Crippen molar-refractivity contribution >= 4 is 11.8 Å². The van der Waals surface area contributed by atoms with Crippen molar-refractivity contribution in [2.75, 3.05) is 6.54 Å². The molecule has 0 aromatic rings. The number of rotatable bonds is 2. The molecule has 0 saturated carbocycles. The van der Waals surface area contributed by atoms with E-state index in [0.717, 1.165) is 25.8 Å². The molecule has 2 aliphatic rings. The Hall–Kier alpha value is -1.82. The number of allylic oxidation sites excluding steroid dienone is 2. The van der Waals surface area contributed by atoms with Crippen LogP contribution in [0.4, 0.5) is 0 Å². The van der Waals surface area contributed by atoms with Gasteiger partial charge in [-0.15, -0.1) is 0 Å². The smallest absolute Gasteiger partial charge is 0.311 e. The quantitative estimate of drug-likeness (QED) is 0.489. The van der Waals surface area contributed by atoms with Gasteiger partial charge in [0.2, 0.25) is 0 Å². The first kappa shape index (κ1) is 12.6. The molecule has 0 radical (unpaired) electrons. The van der Waals surface area contributed by atoms with E-state index in [9.17, 15) is 9.59 Å². The van der Waals surface area contributed by atoms with Crippen LogP contribution >= 0.6 is 0 Å². The number of dihydropyridines is 1.